The van der Waals surface area contributed by atoms with Crippen molar-refractivity contribution in [3.05, 3.63) is 32.3 Å². The van der Waals surface area contributed by atoms with Gasteiger partial charge in [0.2, 0.25) is 0 Å². The minimum absolute atomic E-state index is 0.000525. The number of carbonyl (C=O) groups excluding carboxylic acids is 2. The largest absolute Gasteiger partial charge is 0.397 e. The molecule has 0 bridgehead atoms. The highest BCUT2D eigenvalue weighted by Gasteiger charge is 2.38. The number of amides is 2. The van der Waals surface area contributed by atoms with E-state index in [2.05, 4.69) is 0 Å². The van der Waals surface area contributed by atoms with Crippen LogP contribution in [0.15, 0.2) is 6.07 Å². The molecular formula is C16H13Cl3N4O3. The van der Waals surface area contributed by atoms with Gasteiger partial charge < -0.3 is 16.4 Å². The summed E-state index contributed by atoms with van der Waals surface area (Å²) in [6.07, 6.45) is 0.759. The first-order valence-electron chi connectivity index (χ1n) is 7.74. The molecule has 136 valence electrons. The van der Waals surface area contributed by atoms with Crippen molar-refractivity contribution in [1.82, 2.24) is 5.06 Å². The van der Waals surface area contributed by atoms with Crippen LogP contribution in [0.25, 0.3) is 10.8 Å². The number of carbonyl (C=O) groups is 2. The highest BCUT2D eigenvalue weighted by Crippen LogP contribution is 2.49. The molecule has 0 saturated carbocycles. The zero-order chi connectivity index (χ0) is 18.9. The average Bonchev–Trinajstić information content (AvgIpc) is 3.03. The molecule has 5 N–H and O–H groups in total. The number of halogens is 3. The van der Waals surface area contributed by atoms with Crippen molar-refractivity contribution >= 4 is 68.8 Å². The molecule has 2 heterocycles. The van der Waals surface area contributed by atoms with Crippen molar-refractivity contribution in [3.8, 4) is 0 Å². The van der Waals surface area contributed by atoms with E-state index in [1.807, 2.05) is 4.90 Å². The van der Waals surface area contributed by atoms with Gasteiger partial charge in [0.05, 0.1) is 37.6 Å². The quantitative estimate of drug-likeness (QED) is 0.375. The van der Waals surface area contributed by atoms with E-state index in [9.17, 15) is 14.8 Å². The molecule has 0 aliphatic carbocycles. The predicted octanol–water partition coefficient (Wildman–Crippen LogP) is 2.90. The summed E-state index contributed by atoms with van der Waals surface area (Å²) in [6, 6.07) is 1.36. The van der Waals surface area contributed by atoms with Crippen LogP contribution in [-0.2, 0) is 0 Å². The fourth-order valence-electron chi connectivity index (χ4n) is 3.59. The number of nitrogen functional groups attached to an aromatic ring is 1. The first kappa shape index (κ1) is 17.6. The normalized spacial score (nSPS) is 19.8. The third-order valence-corrected chi connectivity index (χ3v) is 5.95. The first-order valence-corrected chi connectivity index (χ1v) is 8.88. The van der Waals surface area contributed by atoms with E-state index in [1.54, 1.807) is 0 Å². The lowest BCUT2D eigenvalue weighted by Gasteiger charge is -2.29. The maximum Gasteiger partial charge on any atom is 0.287 e. The van der Waals surface area contributed by atoms with E-state index in [0.29, 0.717) is 24.2 Å². The Morgan fingerprint density at radius 1 is 1.12 bits per heavy atom. The van der Waals surface area contributed by atoms with Gasteiger partial charge >= 0.3 is 0 Å². The molecule has 2 aromatic rings. The summed E-state index contributed by atoms with van der Waals surface area (Å²) in [5.74, 6) is -1.87. The molecule has 0 spiro atoms. The van der Waals surface area contributed by atoms with Crippen LogP contribution in [0.3, 0.4) is 0 Å². The summed E-state index contributed by atoms with van der Waals surface area (Å²) in [5, 5.41) is 10.8. The molecule has 26 heavy (non-hydrogen) atoms. The Bertz CT molecular complexity index is 1010. The first-order chi connectivity index (χ1) is 12.2. The number of nitrogens with two attached hydrogens (primary N) is 2. The van der Waals surface area contributed by atoms with Crippen LogP contribution < -0.4 is 16.4 Å². The number of hydroxylamine groups is 2. The number of hydrogen-bond donors (Lipinski definition) is 3. The Balaban J connectivity index is 2.18. The summed E-state index contributed by atoms with van der Waals surface area (Å²) in [6.45, 7) is 1.17. The molecule has 2 aliphatic rings. The fourth-order valence-corrected chi connectivity index (χ4v) is 4.39. The van der Waals surface area contributed by atoms with Crippen molar-refractivity contribution in [3.63, 3.8) is 0 Å². The van der Waals surface area contributed by atoms with Crippen LogP contribution in [-0.4, -0.2) is 41.2 Å². The van der Waals surface area contributed by atoms with Crippen LogP contribution in [0, 0.1) is 0 Å². The van der Waals surface area contributed by atoms with E-state index >= 15 is 0 Å². The van der Waals surface area contributed by atoms with Gasteiger partial charge in [-0.25, -0.2) is 0 Å². The van der Waals surface area contributed by atoms with Gasteiger partial charge in [-0.15, -0.1) is 5.06 Å². The highest BCUT2D eigenvalue weighted by atomic mass is 35.5. The molecule has 1 saturated heterocycles. The molecule has 0 aromatic heterocycles. The summed E-state index contributed by atoms with van der Waals surface area (Å²) in [5.41, 5.74) is 12.4. The lowest BCUT2D eigenvalue weighted by atomic mass is 9.92. The number of anilines is 2. The summed E-state index contributed by atoms with van der Waals surface area (Å²) >= 11 is 19.2. The van der Waals surface area contributed by atoms with Crippen LogP contribution in [0.5, 0.6) is 0 Å². The summed E-state index contributed by atoms with van der Waals surface area (Å²) in [7, 11) is 0. The van der Waals surface area contributed by atoms with Crippen LogP contribution >= 0.6 is 34.8 Å². The Kier molecular flexibility index (Phi) is 3.98. The van der Waals surface area contributed by atoms with Gasteiger partial charge in [-0.1, -0.05) is 34.8 Å². The van der Waals surface area contributed by atoms with Crippen molar-refractivity contribution in [2.75, 3.05) is 23.7 Å². The zero-order valence-electron chi connectivity index (χ0n) is 13.2. The van der Waals surface area contributed by atoms with Gasteiger partial charge in [0, 0.05) is 29.9 Å². The average molecular weight is 416 g/mol. The molecule has 0 radical (unpaired) electrons. The molecule has 4 rings (SSSR count). The highest BCUT2D eigenvalue weighted by molar-refractivity contribution is 6.50. The number of hydrogen-bond acceptors (Lipinski definition) is 6. The van der Waals surface area contributed by atoms with Crippen LogP contribution in [0.1, 0.15) is 27.1 Å². The van der Waals surface area contributed by atoms with Crippen molar-refractivity contribution in [1.29, 1.82) is 0 Å². The van der Waals surface area contributed by atoms with Crippen LogP contribution in [0.2, 0.25) is 15.1 Å². The van der Waals surface area contributed by atoms with Gasteiger partial charge in [-0.05, 0) is 12.5 Å². The third kappa shape index (κ3) is 2.22. The third-order valence-electron chi connectivity index (χ3n) is 4.79. The Morgan fingerprint density at radius 2 is 1.81 bits per heavy atom. The summed E-state index contributed by atoms with van der Waals surface area (Å²) in [4.78, 5) is 26.8. The van der Waals surface area contributed by atoms with E-state index in [1.165, 1.54) is 6.07 Å². The topological polar surface area (TPSA) is 113 Å². The zero-order valence-corrected chi connectivity index (χ0v) is 15.5. The van der Waals surface area contributed by atoms with E-state index < -0.39 is 11.8 Å². The SMILES string of the molecule is Nc1c(Cl)c(Cl)c2c(N3CCC(N)C3)c(Cl)cc3c2c1C(=O)N(O)C3=O. The fraction of sp³-hybridized carbons (Fsp3) is 0.250. The molecular weight excluding hydrogens is 403 g/mol. The second-order valence-corrected chi connectivity index (χ2v) is 7.50. The minimum Gasteiger partial charge on any atom is -0.397 e. The standard InChI is InChI=1S/C16H13Cl3N4O3/c17-7-3-6-8-9(14(7)22-2-1-5(20)4-22)11(18)12(19)13(21)10(8)16(25)23(26)15(6)24/h3,5,26H,1-2,4,20-21H2. The van der Waals surface area contributed by atoms with Gasteiger partial charge in [-0.3, -0.25) is 14.8 Å². The Hall–Kier alpha value is -1.77. The predicted molar refractivity (Wildman–Crippen MR) is 100 cm³/mol. The summed E-state index contributed by atoms with van der Waals surface area (Å²) < 4.78 is 0. The monoisotopic (exact) mass is 414 g/mol. The van der Waals surface area contributed by atoms with Gasteiger partial charge in [0.25, 0.3) is 11.8 Å². The number of rotatable bonds is 1. The van der Waals surface area contributed by atoms with Crippen molar-refractivity contribution < 1.29 is 14.8 Å². The Morgan fingerprint density at radius 3 is 2.42 bits per heavy atom. The molecule has 2 aliphatic heterocycles. The maximum atomic E-state index is 12.5. The van der Waals surface area contributed by atoms with E-state index in [0.717, 1.165) is 6.42 Å². The minimum atomic E-state index is -0.963. The van der Waals surface area contributed by atoms with Crippen LogP contribution in [0.4, 0.5) is 11.4 Å². The maximum absolute atomic E-state index is 12.5. The molecule has 10 heteroatoms. The smallest absolute Gasteiger partial charge is 0.287 e. The van der Waals surface area contributed by atoms with Crippen molar-refractivity contribution in [2.24, 2.45) is 5.73 Å². The van der Waals surface area contributed by atoms with Crippen molar-refractivity contribution in [2.45, 2.75) is 12.5 Å². The molecule has 1 unspecified atom stereocenters. The lowest BCUT2D eigenvalue weighted by Crippen LogP contribution is -2.38. The van der Waals surface area contributed by atoms with Gasteiger partial charge in [-0.2, -0.15) is 0 Å². The van der Waals surface area contributed by atoms with Gasteiger partial charge in [0.15, 0.2) is 0 Å². The van der Waals surface area contributed by atoms with Gasteiger partial charge in [0.1, 0.15) is 0 Å². The lowest BCUT2D eigenvalue weighted by molar-refractivity contribution is -0.0376. The molecule has 2 amide bonds. The second-order valence-electron chi connectivity index (χ2n) is 6.34. The second kappa shape index (κ2) is 5.87. The van der Waals surface area contributed by atoms with E-state index in [4.69, 9.17) is 46.3 Å². The molecule has 2 aromatic carbocycles. The number of nitrogens with zero attached hydrogens (tertiary/aromatic N) is 2. The molecule has 1 fully saturated rings. The number of imide groups is 1. The molecule has 7 nitrogen and oxygen atoms in total. The Labute approximate surface area is 162 Å². The molecule has 1 atom stereocenters. The van der Waals surface area contributed by atoms with E-state index in [-0.39, 0.29) is 48.4 Å². The number of benzene rings is 2.